The van der Waals surface area contributed by atoms with Crippen molar-refractivity contribution < 1.29 is 24.2 Å². The zero-order valence-electron chi connectivity index (χ0n) is 12.7. The van der Waals surface area contributed by atoms with E-state index in [1.54, 1.807) is 13.0 Å². The van der Waals surface area contributed by atoms with E-state index in [0.29, 0.717) is 11.5 Å². The summed E-state index contributed by atoms with van der Waals surface area (Å²) in [6, 6.07) is 4.91. The van der Waals surface area contributed by atoms with Gasteiger partial charge in [0.25, 0.3) is 5.91 Å². The molecule has 2 unspecified atom stereocenters. The zero-order chi connectivity index (χ0) is 16.0. The summed E-state index contributed by atoms with van der Waals surface area (Å²) in [6.45, 7) is 4.91. The van der Waals surface area contributed by atoms with Crippen LogP contribution in [-0.4, -0.2) is 36.7 Å². The van der Waals surface area contributed by atoms with E-state index in [9.17, 15) is 9.59 Å². The van der Waals surface area contributed by atoms with Crippen molar-refractivity contribution in [1.29, 1.82) is 0 Å². The predicted octanol–water partition coefficient (Wildman–Crippen LogP) is 1.61. The van der Waals surface area contributed by atoms with Gasteiger partial charge in [-0.2, -0.15) is 0 Å². The second-order valence-electron chi connectivity index (χ2n) is 4.93. The molecule has 0 spiro atoms. The fourth-order valence-electron chi connectivity index (χ4n) is 1.67. The minimum absolute atomic E-state index is 0.198. The summed E-state index contributed by atoms with van der Waals surface area (Å²) in [7, 11) is 1.53. The second-order valence-corrected chi connectivity index (χ2v) is 4.93. The van der Waals surface area contributed by atoms with Crippen LogP contribution in [-0.2, 0) is 9.59 Å². The van der Waals surface area contributed by atoms with E-state index < -0.39 is 17.9 Å². The third-order valence-electron chi connectivity index (χ3n) is 3.21. The van der Waals surface area contributed by atoms with Crippen LogP contribution in [0.3, 0.4) is 0 Å². The fourth-order valence-corrected chi connectivity index (χ4v) is 1.67. The molecule has 6 nitrogen and oxygen atoms in total. The SMILES string of the molecule is COc1cc(C)ccc1OCC(=O)NC(C)C(C)C(=O)O. The van der Waals surface area contributed by atoms with Crippen LogP contribution in [0.15, 0.2) is 18.2 Å². The fraction of sp³-hybridized carbons (Fsp3) is 0.467. The molecule has 0 heterocycles. The molecule has 0 saturated heterocycles. The summed E-state index contributed by atoms with van der Waals surface area (Å²) >= 11 is 0. The van der Waals surface area contributed by atoms with Gasteiger partial charge in [-0.15, -0.1) is 0 Å². The molecule has 0 aromatic heterocycles. The van der Waals surface area contributed by atoms with E-state index in [-0.39, 0.29) is 12.5 Å². The lowest BCUT2D eigenvalue weighted by Gasteiger charge is -2.18. The van der Waals surface area contributed by atoms with Gasteiger partial charge in [0.05, 0.1) is 13.0 Å². The van der Waals surface area contributed by atoms with Crippen molar-refractivity contribution in [1.82, 2.24) is 5.32 Å². The van der Waals surface area contributed by atoms with Crippen molar-refractivity contribution in [3.8, 4) is 11.5 Å². The quantitative estimate of drug-likeness (QED) is 0.798. The van der Waals surface area contributed by atoms with Crippen molar-refractivity contribution in [2.75, 3.05) is 13.7 Å². The number of aryl methyl sites for hydroxylation is 1. The summed E-state index contributed by atoms with van der Waals surface area (Å²) in [5, 5.41) is 11.5. The molecule has 0 fully saturated rings. The predicted molar refractivity (Wildman–Crippen MR) is 77.6 cm³/mol. The molecular weight excluding hydrogens is 274 g/mol. The topological polar surface area (TPSA) is 84.9 Å². The smallest absolute Gasteiger partial charge is 0.308 e. The Bertz CT molecular complexity index is 515. The summed E-state index contributed by atoms with van der Waals surface area (Å²) < 4.78 is 10.6. The monoisotopic (exact) mass is 295 g/mol. The zero-order valence-corrected chi connectivity index (χ0v) is 12.7. The molecule has 1 rings (SSSR count). The van der Waals surface area contributed by atoms with Gasteiger partial charge in [0.15, 0.2) is 18.1 Å². The number of hydrogen-bond acceptors (Lipinski definition) is 4. The Labute approximate surface area is 124 Å². The number of methoxy groups -OCH3 is 1. The molecule has 0 saturated carbocycles. The molecule has 1 aromatic rings. The van der Waals surface area contributed by atoms with Crippen LogP contribution in [0, 0.1) is 12.8 Å². The molecule has 2 atom stereocenters. The molecule has 1 aromatic carbocycles. The van der Waals surface area contributed by atoms with E-state index in [2.05, 4.69) is 5.32 Å². The molecule has 116 valence electrons. The Balaban J connectivity index is 2.55. The number of carbonyl (C=O) groups is 2. The first kappa shape index (κ1) is 16.8. The van der Waals surface area contributed by atoms with E-state index >= 15 is 0 Å². The Morgan fingerprint density at radius 2 is 1.95 bits per heavy atom. The van der Waals surface area contributed by atoms with E-state index in [4.69, 9.17) is 14.6 Å². The molecule has 1 amide bonds. The Kier molecular flexibility index (Phi) is 6.02. The lowest BCUT2D eigenvalue weighted by molar-refractivity contribution is -0.142. The van der Waals surface area contributed by atoms with Gasteiger partial charge in [0.2, 0.25) is 0 Å². The van der Waals surface area contributed by atoms with E-state index in [1.165, 1.54) is 14.0 Å². The van der Waals surface area contributed by atoms with E-state index in [0.717, 1.165) is 5.56 Å². The molecular formula is C15H21NO5. The standard InChI is InChI=1S/C15H21NO5/c1-9-5-6-12(13(7-9)20-4)21-8-14(17)16-11(3)10(2)15(18)19/h5-7,10-11H,8H2,1-4H3,(H,16,17)(H,18,19). The first-order valence-corrected chi connectivity index (χ1v) is 6.64. The number of carboxylic acid groups (broad SMARTS) is 1. The summed E-state index contributed by atoms with van der Waals surface area (Å²) in [4.78, 5) is 22.6. The highest BCUT2D eigenvalue weighted by atomic mass is 16.5. The Morgan fingerprint density at radius 3 is 2.52 bits per heavy atom. The van der Waals surface area contributed by atoms with Crippen LogP contribution < -0.4 is 14.8 Å². The largest absolute Gasteiger partial charge is 0.493 e. The van der Waals surface area contributed by atoms with Crippen LogP contribution in [0.4, 0.5) is 0 Å². The van der Waals surface area contributed by atoms with Crippen molar-refractivity contribution in [2.45, 2.75) is 26.8 Å². The maximum absolute atomic E-state index is 11.8. The van der Waals surface area contributed by atoms with Gasteiger partial charge in [0.1, 0.15) is 0 Å². The van der Waals surface area contributed by atoms with E-state index in [1.807, 2.05) is 19.1 Å². The van der Waals surface area contributed by atoms with Crippen LogP contribution in [0.25, 0.3) is 0 Å². The third kappa shape index (κ3) is 4.98. The van der Waals surface area contributed by atoms with Crippen molar-refractivity contribution in [3.05, 3.63) is 23.8 Å². The molecule has 0 aliphatic rings. The Morgan fingerprint density at radius 1 is 1.29 bits per heavy atom. The van der Waals surface area contributed by atoms with Crippen LogP contribution in [0.5, 0.6) is 11.5 Å². The number of carboxylic acids is 1. The van der Waals surface area contributed by atoms with Gasteiger partial charge >= 0.3 is 5.97 Å². The maximum atomic E-state index is 11.8. The number of amides is 1. The molecule has 6 heteroatoms. The highest BCUT2D eigenvalue weighted by molar-refractivity contribution is 5.79. The first-order chi connectivity index (χ1) is 9.85. The maximum Gasteiger partial charge on any atom is 0.308 e. The van der Waals surface area contributed by atoms with Crippen molar-refractivity contribution in [3.63, 3.8) is 0 Å². The number of nitrogens with one attached hydrogen (secondary N) is 1. The van der Waals surface area contributed by atoms with Gasteiger partial charge in [-0.1, -0.05) is 6.07 Å². The lowest BCUT2D eigenvalue weighted by Crippen LogP contribution is -2.42. The molecule has 0 aliphatic heterocycles. The molecule has 21 heavy (non-hydrogen) atoms. The molecule has 2 N–H and O–H groups in total. The van der Waals surface area contributed by atoms with Gasteiger partial charge in [-0.05, 0) is 38.5 Å². The normalized spacial score (nSPS) is 13.1. The average molecular weight is 295 g/mol. The van der Waals surface area contributed by atoms with Gasteiger partial charge in [0, 0.05) is 6.04 Å². The minimum atomic E-state index is -0.955. The molecule has 0 radical (unpaired) electrons. The van der Waals surface area contributed by atoms with Crippen LogP contribution in [0.1, 0.15) is 19.4 Å². The second kappa shape index (κ2) is 7.52. The number of carbonyl (C=O) groups excluding carboxylic acids is 1. The number of ether oxygens (including phenoxy) is 2. The molecule has 0 aliphatic carbocycles. The highest BCUT2D eigenvalue weighted by Gasteiger charge is 2.21. The Hall–Kier alpha value is -2.24. The first-order valence-electron chi connectivity index (χ1n) is 6.64. The summed E-state index contributed by atoms with van der Waals surface area (Å²) in [5.41, 5.74) is 1.02. The molecule has 0 bridgehead atoms. The van der Waals surface area contributed by atoms with Crippen molar-refractivity contribution >= 4 is 11.9 Å². The van der Waals surface area contributed by atoms with Gasteiger partial charge in [-0.25, -0.2) is 0 Å². The van der Waals surface area contributed by atoms with Gasteiger partial charge < -0.3 is 19.9 Å². The van der Waals surface area contributed by atoms with Gasteiger partial charge in [-0.3, -0.25) is 9.59 Å². The minimum Gasteiger partial charge on any atom is -0.493 e. The summed E-state index contributed by atoms with van der Waals surface area (Å²) in [5.74, 6) is -0.975. The van der Waals surface area contributed by atoms with Crippen LogP contribution >= 0.6 is 0 Å². The number of rotatable bonds is 7. The lowest BCUT2D eigenvalue weighted by atomic mass is 10.0. The highest BCUT2D eigenvalue weighted by Crippen LogP contribution is 2.27. The number of aliphatic carboxylic acids is 1. The van der Waals surface area contributed by atoms with Crippen LogP contribution in [0.2, 0.25) is 0 Å². The summed E-state index contributed by atoms with van der Waals surface area (Å²) in [6.07, 6.45) is 0. The third-order valence-corrected chi connectivity index (χ3v) is 3.21. The number of benzene rings is 1. The number of hydrogen-bond donors (Lipinski definition) is 2. The average Bonchev–Trinajstić information content (AvgIpc) is 2.44. The van der Waals surface area contributed by atoms with Crippen molar-refractivity contribution in [2.24, 2.45) is 5.92 Å².